The molecule has 0 saturated heterocycles. The van der Waals surface area contributed by atoms with Gasteiger partial charge in [-0.1, -0.05) is 17.7 Å². The van der Waals surface area contributed by atoms with Gasteiger partial charge in [0, 0.05) is 5.69 Å². The number of anilines is 3. The van der Waals surface area contributed by atoms with Crippen LogP contribution in [-0.4, -0.2) is 4.98 Å². The molecule has 1 aromatic carbocycles. The molecule has 0 aliphatic rings. The highest BCUT2D eigenvalue weighted by molar-refractivity contribution is 6.33. The van der Waals surface area contributed by atoms with E-state index in [-0.39, 0.29) is 0 Å². The van der Waals surface area contributed by atoms with Gasteiger partial charge in [0.05, 0.1) is 10.7 Å². The van der Waals surface area contributed by atoms with Crippen molar-refractivity contribution in [2.45, 2.75) is 0 Å². The van der Waals surface area contributed by atoms with E-state index < -0.39 is 0 Å². The van der Waals surface area contributed by atoms with Gasteiger partial charge in [0.1, 0.15) is 17.6 Å². The first-order chi connectivity index (χ1) is 8.19. The minimum Gasteiger partial charge on any atom is -0.399 e. The van der Waals surface area contributed by atoms with Gasteiger partial charge in [-0.15, -0.1) is 0 Å². The summed E-state index contributed by atoms with van der Waals surface area (Å²) in [6.45, 7) is 0. The molecule has 0 unspecified atom stereocenters. The van der Waals surface area contributed by atoms with E-state index in [1.807, 2.05) is 6.07 Å². The second-order valence-electron chi connectivity index (χ2n) is 3.38. The lowest BCUT2D eigenvalue weighted by atomic mass is 10.2. The summed E-state index contributed by atoms with van der Waals surface area (Å²) in [5.41, 5.74) is 7.27. The molecule has 1 aromatic heterocycles. The zero-order valence-corrected chi connectivity index (χ0v) is 9.57. The largest absolute Gasteiger partial charge is 0.399 e. The Morgan fingerprint density at radius 2 is 2.12 bits per heavy atom. The number of hydrogen-bond donors (Lipinski definition) is 2. The van der Waals surface area contributed by atoms with Crippen LogP contribution in [0.5, 0.6) is 0 Å². The average molecular weight is 245 g/mol. The van der Waals surface area contributed by atoms with Crippen LogP contribution in [0.25, 0.3) is 0 Å². The van der Waals surface area contributed by atoms with Crippen molar-refractivity contribution in [2.24, 2.45) is 0 Å². The van der Waals surface area contributed by atoms with Crippen molar-refractivity contribution in [3.05, 3.63) is 47.1 Å². The number of aromatic nitrogens is 1. The van der Waals surface area contributed by atoms with E-state index in [0.29, 0.717) is 27.9 Å². The molecule has 4 nitrogen and oxygen atoms in total. The molecule has 3 N–H and O–H groups in total. The maximum absolute atomic E-state index is 8.74. The van der Waals surface area contributed by atoms with E-state index in [1.165, 1.54) is 0 Å². The Morgan fingerprint density at radius 1 is 1.29 bits per heavy atom. The monoisotopic (exact) mass is 244 g/mol. The Morgan fingerprint density at radius 3 is 2.88 bits per heavy atom. The first-order valence-electron chi connectivity index (χ1n) is 4.88. The number of nitrogens with one attached hydrogen (secondary N) is 1. The number of nitrogens with two attached hydrogens (primary N) is 1. The van der Waals surface area contributed by atoms with Gasteiger partial charge in [0.15, 0.2) is 0 Å². The van der Waals surface area contributed by atoms with Gasteiger partial charge in [0.2, 0.25) is 0 Å². The van der Waals surface area contributed by atoms with Crippen molar-refractivity contribution < 1.29 is 0 Å². The first-order valence-corrected chi connectivity index (χ1v) is 5.26. The van der Waals surface area contributed by atoms with Crippen molar-refractivity contribution in [3.63, 3.8) is 0 Å². The Bertz CT molecular complexity index is 589. The van der Waals surface area contributed by atoms with Crippen LogP contribution in [0.2, 0.25) is 5.02 Å². The number of halogens is 1. The number of nitrogens with zero attached hydrogens (tertiary/aromatic N) is 2. The number of nitriles is 1. The first kappa shape index (κ1) is 11.2. The van der Waals surface area contributed by atoms with E-state index in [4.69, 9.17) is 22.6 Å². The standard InChI is InChI=1S/C12H9ClN4/c13-10-5-4-8(15)6-11(10)17-12-3-1-2-9(7-14)16-12/h1-6H,15H2,(H,16,17). The van der Waals surface area contributed by atoms with Crippen molar-refractivity contribution in [3.8, 4) is 6.07 Å². The zero-order valence-electron chi connectivity index (χ0n) is 8.81. The summed E-state index contributed by atoms with van der Waals surface area (Å²) in [6.07, 6.45) is 0. The summed E-state index contributed by atoms with van der Waals surface area (Å²) >= 11 is 6.01. The van der Waals surface area contributed by atoms with Crippen molar-refractivity contribution in [1.29, 1.82) is 5.26 Å². The van der Waals surface area contributed by atoms with Crippen molar-refractivity contribution in [2.75, 3.05) is 11.1 Å². The highest BCUT2D eigenvalue weighted by atomic mass is 35.5. The maximum Gasteiger partial charge on any atom is 0.142 e. The molecule has 0 radical (unpaired) electrons. The maximum atomic E-state index is 8.74. The molecular weight excluding hydrogens is 236 g/mol. The van der Waals surface area contributed by atoms with Crippen LogP contribution in [0.1, 0.15) is 5.69 Å². The average Bonchev–Trinajstić information content (AvgIpc) is 2.34. The minimum absolute atomic E-state index is 0.343. The normalized spacial score (nSPS) is 9.65. The molecule has 1 heterocycles. The Labute approximate surface area is 104 Å². The second kappa shape index (κ2) is 4.73. The molecule has 17 heavy (non-hydrogen) atoms. The lowest BCUT2D eigenvalue weighted by molar-refractivity contribution is 1.25. The number of hydrogen-bond acceptors (Lipinski definition) is 4. The third-order valence-electron chi connectivity index (χ3n) is 2.12. The molecule has 0 aliphatic heterocycles. The summed E-state index contributed by atoms with van der Waals surface area (Å²) < 4.78 is 0. The van der Waals surface area contributed by atoms with E-state index in [9.17, 15) is 0 Å². The number of pyridine rings is 1. The van der Waals surface area contributed by atoms with E-state index in [0.717, 1.165) is 0 Å². The van der Waals surface area contributed by atoms with Gasteiger partial charge < -0.3 is 11.1 Å². The van der Waals surface area contributed by atoms with Crippen molar-refractivity contribution >= 4 is 28.8 Å². The summed E-state index contributed by atoms with van der Waals surface area (Å²) in [5.74, 6) is 0.552. The van der Waals surface area contributed by atoms with E-state index in [2.05, 4.69) is 10.3 Å². The predicted octanol–water partition coefficient (Wildman–Crippen LogP) is 2.93. The van der Waals surface area contributed by atoms with Crippen LogP contribution in [0.15, 0.2) is 36.4 Å². The van der Waals surface area contributed by atoms with E-state index in [1.54, 1.807) is 36.4 Å². The summed E-state index contributed by atoms with van der Waals surface area (Å²) in [4.78, 5) is 4.09. The van der Waals surface area contributed by atoms with Gasteiger partial charge in [-0.2, -0.15) is 5.26 Å². The molecule has 0 saturated carbocycles. The van der Waals surface area contributed by atoms with Crippen LogP contribution in [-0.2, 0) is 0 Å². The summed E-state index contributed by atoms with van der Waals surface area (Å²) in [5, 5.41) is 12.3. The molecule has 5 heteroatoms. The van der Waals surface area contributed by atoms with Gasteiger partial charge in [-0.3, -0.25) is 0 Å². The molecule has 0 bridgehead atoms. The molecule has 0 atom stereocenters. The smallest absolute Gasteiger partial charge is 0.142 e. The highest BCUT2D eigenvalue weighted by Gasteiger charge is 2.02. The molecular formula is C12H9ClN4. The molecule has 84 valence electrons. The van der Waals surface area contributed by atoms with E-state index >= 15 is 0 Å². The van der Waals surface area contributed by atoms with Crippen LogP contribution in [0, 0.1) is 11.3 Å². The fourth-order valence-corrected chi connectivity index (χ4v) is 1.51. The molecule has 2 rings (SSSR count). The second-order valence-corrected chi connectivity index (χ2v) is 3.79. The lowest BCUT2D eigenvalue weighted by Crippen LogP contribution is -1.96. The number of nitrogen functional groups attached to an aromatic ring is 1. The third kappa shape index (κ3) is 2.65. The molecule has 0 spiro atoms. The Kier molecular flexibility index (Phi) is 3.12. The topological polar surface area (TPSA) is 74.7 Å². The summed E-state index contributed by atoms with van der Waals surface area (Å²) in [6, 6.07) is 12.2. The van der Waals surface area contributed by atoms with Gasteiger partial charge >= 0.3 is 0 Å². The van der Waals surface area contributed by atoms with Crippen molar-refractivity contribution in [1.82, 2.24) is 4.98 Å². The van der Waals surface area contributed by atoms with Gasteiger partial charge in [-0.25, -0.2) is 4.98 Å². The molecule has 0 aliphatic carbocycles. The molecule has 0 fully saturated rings. The third-order valence-corrected chi connectivity index (χ3v) is 2.45. The lowest BCUT2D eigenvalue weighted by Gasteiger charge is -2.08. The van der Waals surface area contributed by atoms with Crippen LogP contribution in [0.4, 0.5) is 17.2 Å². The summed E-state index contributed by atoms with van der Waals surface area (Å²) in [7, 11) is 0. The Hall–Kier alpha value is -2.25. The minimum atomic E-state index is 0.343. The number of benzene rings is 1. The van der Waals surface area contributed by atoms with Crippen LogP contribution < -0.4 is 11.1 Å². The molecule has 2 aromatic rings. The fourth-order valence-electron chi connectivity index (χ4n) is 1.34. The number of rotatable bonds is 2. The van der Waals surface area contributed by atoms with Crippen LogP contribution in [0.3, 0.4) is 0 Å². The van der Waals surface area contributed by atoms with Crippen LogP contribution >= 0.6 is 11.6 Å². The van der Waals surface area contributed by atoms with Gasteiger partial charge in [0.25, 0.3) is 0 Å². The molecule has 0 amide bonds. The zero-order chi connectivity index (χ0) is 12.3. The predicted molar refractivity (Wildman–Crippen MR) is 68.1 cm³/mol. The SMILES string of the molecule is N#Cc1cccc(Nc2cc(N)ccc2Cl)n1. The highest BCUT2D eigenvalue weighted by Crippen LogP contribution is 2.26. The Balaban J connectivity index is 2.31. The fraction of sp³-hybridized carbons (Fsp3) is 0. The quantitative estimate of drug-likeness (QED) is 0.797. The van der Waals surface area contributed by atoms with Gasteiger partial charge in [-0.05, 0) is 30.3 Å².